The first kappa shape index (κ1) is 15.0. The molecule has 3 heteroatoms. The van der Waals surface area contributed by atoms with E-state index >= 15 is 0 Å². The van der Waals surface area contributed by atoms with Crippen LogP contribution < -0.4 is 5.32 Å². The van der Waals surface area contributed by atoms with Crippen LogP contribution >= 0.6 is 0 Å². The topological polar surface area (TPSA) is 32.3 Å². The lowest BCUT2D eigenvalue weighted by Gasteiger charge is -2.20. The van der Waals surface area contributed by atoms with E-state index in [1.54, 1.807) is 0 Å². The minimum Gasteiger partial charge on any atom is -0.351 e. The Morgan fingerprint density at radius 2 is 1.95 bits per heavy atom. The summed E-state index contributed by atoms with van der Waals surface area (Å²) in [7, 11) is 0. The second kappa shape index (κ2) is 6.40. The predicted molar refractivity (Wildman–Crippen MR) is 83.1 cm³/mol. The fourth-order valence-corrected chi connectivity index (χ4v) is 2.56. The molecule has 110 valence electrons. The Labute approximate surface area is 122 Å². The summed E-state index contributed by atoms with van der Waals surface area (Å²) in [5.41, 5.74) is 2.04. The summed E-state index contributed by atoms with van der Waals surface area (Å²) < 4.78 is 0. The molecule has 1 fully saturated rings. The van der Waals surface area contributed by atoms with Crippen molar-refractivity contribution in [3.8, 4) is 0 Å². The van der Waals surface area contributed by atoms with Crippen LogP contribution in [0.3, 0.4) is 0 Å². The standard InChI is InChI=1S/C17H26N2O/c1-17(2,3)15-8-6-7-14(13-15)16(20)18-9-12-19-10-4-5-11-19/h6-8,13H,4-5,9-12H2,1-3H3,(H,18,20). The van der Waals surface area contributed by atoms with Gasteiger partial charge in [-0.25, -0.2) is 0 Å². The van der Waals surface area contributed by atoms with Crippen molar-refractivity contribution in [2.45, 2.75) is 39.0 Å². The number of nitrogens with zero attached hydrogens (tertiary/aromatic N) is 1. The van der Waals surface area contributed by atoms with Crippen LogP contribution in [-0.2, 0) is 5.41 Å². The second-order valence-electron chi connectivity index (χ2n) is 6.64. The number of rotatable bonds is 4. The van der Waals surface area contributed by atoms with Gasteiger partial charge in [0.05, 0.1) is 0 Å². The molecule has 1 amide bonds. The lowest BCUT2D eigenvalue weighted by atomic mass is 9.86. The third kappa shape index (κ3) is 4.07. The predicted octanol–water partition coefficient (Wildman–Crippen LogP) is 2.81. The van der Waals surface area contributed by atoms with Crippen LogP contribution in [0.1, 0.15) is 49.5 Å². The third-order valence-corrected chi connectivity index (χ3v) is 3.90. The summed E-state index contributed by atoms with van der Waals surface area (Å²) in [4.78, 5) is 14.6. The lowest BCUT2D eigenvalue weighted by Crippen LogP contribution is -2.33. The fourth-order valence-electron chi connectivity index (χ4n) is 2.56. The number of likely N-dealkylation sites (tertiary alicyclic amines) is 1. The van der Waals surface area contributed by atoms with Crippen molar-refractivity contribution in [3.63, 3.8) is 0 Å². The first-order valence-electron chi connectivity index (χ1n) is 7.58. The highest BCUT2D eigenvalue weighted by molar-refractivity contribution is 5.94. The van der Waals surface area contributed by atoms with Crippen LogP contribution in [0.4, 0.5) is 0 Å². The maximum atomic E-state index is 12.2. The molecular formula is C17H26N2O. The van der Waals surface area contributed by atoms with E-state index < -0.39 is 0 Å². The van der Waals surface area contributed by atoms with Crippen molar-refractivity contribution in [1.29, 1.82) is 0 Å². The average molecular weight is 274 g/mol. The Kier molecular flexibility index (Phi) is 4.81. The zero-order valence-corrected chi connectivity index (χ0v) is 12.9. The second-order valence-corrected chi connectivity index (χ2v) is 6.64. The Bertz CT molecular complexity index is 456. The molecule has 0 aromatic heterocycles. The van der Waals surface area contributed by atoms with Crippen molar-refractivity contribution in [2.24, 2.45) is 0 Å². The zero-order valence-electron chi connectivity index (χ0n) is 12.9. The molecule has 0 bridgehead atoms. The number of benzene rings is 1. The van der Waals surface area contributed by atoms with E-state index in [1.165, 1.54) is 31.5 Å². The van der Waals surface area contributed by atoms with Crippen LogP contribution in [0.15, 0.2) is 24.3 Å². The molecule has 0 aliphatic carbocycles. The quantitative estimate of drug-likeness (QED) is 0.915. The highest BCUT2D eigenvalue weighted by atomic mass is 16.1. The van der Waals surface area contributed by atoms with Gasteiger partial charge in [-0.2, -0.15) is 0 Å². The molecule has 0 unspecified atom stereocenters. The average Bonchev–Trinajstić information content (AvgIpc) is 2.91. The summed E-state index contributed by atoms with van der Waals surface area (Å²) in [5.74, 6) is 0.0373. The van der Waals surface area contributed by atoms with Crippen LogP contribution in [0.5, 0.6) is 0 Å². The highest BCUT2D eigenvalue weighted by Gasteiger charge is 2.16. The van der Waals surface area contributed by atoms with Gasteiger partial charge in [-0.3, -0.25) is 4.79 Å². The SMILES string of the molecule is CC(C)(C)c1cccc(C(=O)NCCN2CCCC2)c1. The zero-order chi connectivity index (χ0) is 14.6. The maximum absolute atomic E-state index is 12.2. The third-order valence-electron chi connectivity index (χ3n) is 3.90. The Morgan fingerprint density at radius 1 is 1.25 bits per heavy atom. The molecule has 1 heterocycles. The number of carbonyl (C=O) groups is 1. The molecule has 1 aliphatic heterocycles. The van der Waals surface area contributed by atoms with Gasteiger partial charge in [-0.1, -0.05) is 32.9 Å². The smallest absolute Gasteiger partial charge is 0.251 e. The van der Waals surface area contributed by atoms with Gasteiger partial charge in [-0.15, -0.1) is 0 Å². The molecule has 0 saturated carbocycles. The van der Waals surface area contributed by atoms with Crippen molar-refractivity contribution >= 4 is 5.91 Å². The summed E-state index contributed by atoms with van der Waals surface area (Å²) >= 11 is 0. The Hall–Kier alpha value is -1.35. The van der Waals surface area contributed by atoms with Crippen LogP contribution in [0.2, 0.25) is 0 Å². The minimum atomic E-state index is 0.0373. The largest absolute Gasteiger partial charge is 0.351 e. The van der Waals surface area contributed by atoms with Crippen molar-refractivity contribution in [1.82, 2.24) is 10.2 Å². The number of nitrogens with one attached hydrogen (secondary N) is 1. The van der Waals surface area contributed by atoms with Crippen molar-refractivity contribution in [2.75, 3.05) is 26.2 Å². The van der Waals surface area contributed by atoms with E-state index in [1.807, 2.05) is 18.2 Å². The molecule has 2 rings (SSSR count). The van der Waals surface area contributed by atoms with Gasteiger partial charge in [0.25, 0.3) is 5.91 Å². The summed E-state index contributed by atoms with van der Waals surface area (Å²) in [6.45, 7) is 10.5. The first-order chi connectivity index (χ1) is 9.47. The van der Waals surface area contributed by atoms with Gasteiger partial charge in [-0.05, 0) is 49.0 Å². The number of amides is 1. The molecule has 1 N–H and O–H groups in total. The molecule has 0 atom stereocenters. The molecular weight excluding hydrogens is 248 g/mol. The lowest BCUT2D eigenvalue weighted by molar-refractivity contribution is 0.0949. The van der Waals surface area contributed by atoms with E-state index in [0.29, 0.717) is 0 Å². The first-order valence-corrected chi connectivity index (χ1v) is 7.58. The number of hydrogen-bond donors (Lipinski definition) is 1. The van der Waals surface area contributed by atoms with Gasteiger partial charge in [0.15, 0.2) is 0 Å². The molecule has 20 heavy (non-hydrogen) atoms. The van der Waals surface area contributed by atoms with Gasteiger partial charge >= 0.3 is 0 Å². The van der Waals surface area contributed by atoms with Crippen LogP contribution in [-0.4, -0.2) is 37.0 Å². The van der Waals surface area contributed by atoms with Crippen molar-refractivity contribution in [3.05, 3.63) is 35.4 Å². The van der Waals surface area contributed by atoms with E-state index in [9.17, 15) is 4.79 Å². The minimum absolute atomic E-state index is 0.0373. The van der Waals surface area contributed by atoms with Gasteiger partial charge < -0.3 is 10.2 Å². The fraction of sp³-hybridized carbons (Fsp3) is 0.588. The molecule has 0 radical (unpaired) electrons. The number of hydrogen-bond acceptors (Lipinski definition) is 2. The van der Waals surface area contributed by atoms with E-state index in [0.717, 1.165) is 18.7 Å². The normalized spacial score (nSPS) is 16.4. The molecule has 1 aromatic rings. The van der Waals surface area contributed by atoms with Crippen molar-refractivity contribution < 1.29 is 4.79 Å². The van der Waals surface area contributed by atoms with Crippen LogP contribution in [0.25, 0.3) is 0 Å². The molecule has 3 nitrogen and oxygen atoms in total. The van der Waals surface area contributed by atoms with Gasteiger partial charge in [0.1, 0.15) is 0 Å². The Morgan fingerprint density at radius 3 is 2.60 bits per heavy atom. The van der Waals surface area contributed by atoms with E-state index in [4.69, 9.17) is 0 Å². The van der Waals surface area contributed by atoms with E-state index in [2.05, 4.69) is 37.1 Å². The molecule has 1 aromatic carbocycles. The molecule has 1 aliphatic rings. The van der Waals surface area contributed by atoms with Gasteiger partial charge in [0.2, 0.25) is 0 Å². The summed E-state index contributed by atoms with van der Waals surface area (Å²) in [6.07, 6.45) is 2.59. The molecule has 1 saturated heterocycles. The monoisotopic (exact) mass is 274 g/mol. The Balaban J connectivity index is 1.88. The van der Waals surface area contributed by atoms with Gasteiger partial charge in [0, 0.05) is 18.7 Å². The highest BCUT2D eigenvalue weighted by Crippen LogP contribution is 2.22. The summed E-state index contributed by atoms with van der Waals surface area (Å²) in [6, 6.07) is 7.95. The maximum Gasteiger partial charge on any atom is 0.251 e. The molecule has 0 spiro atoms. The number of carbonyl (C=O) groups excluding carboxylic acids is 1. The summed E-state index contributed by atoms with van der Waals surface area (Å²) in [5, 5.41) is 3.02. The van der Waals surface area contributed by atoms with E-state index in [-0.39, 0.29) is 11.3 Å². The van der Waals surface area contributed by atoms with Crippen LogP contribution in [0, 0.1) is 0 Å².